The zero-order valence-corrected chi connectivity index (χ0v) is 20.3. The number of ketones is 1. The van der Waals surface area contributed by atoms with Crippen molar-refractivity contribution in [3.05, 3.63) is 114 Å². The van der Waals surface area contributed by atoms with Crippen LogP contribution in [0.1, 0.15) is 41.4 Å². The van der Waals surface area contributed by atoms with Crippen molar-refractivity contribution in [2.75, 3.05) is 4.90 Å². The van der Waals surface area contributed by atoms with Crippen LogP contribution in [0.3, 0.4) is 0 Å². The molecule has 0 spiro atoms. The Morgan fingerprint density at radius 3 is 2.30 bits per heavy atom. The largest absolute Gasteiger partial charge is 0.507 e. The number of esters is 1. The van der Waals surface area contributed by atoms with Gasteiger partial charge in [0.25, 0.3) is 11.7 Å². The summed E-state index contributed by atoms with van der Waals surface area (Å²) < 4.78 is 5.24. The Labute approximate surface area is 213 Å². The van der Waals surface area contributed by atoms with E-state index < -0.39 is 23.7 Å². The van der Waals surface area contributed by atoms with Crippen LogP contribution in [0.25, 0.3) is 16.5 Å². The van der Waals surface area contributed by atoms with E-state index in [1.807, 2.05) is 30.3 Å². The van der Waals surface area contributed by atoms with Crippen molar-refractivity contribution >= 4 is 39.9 Å². The number of benzene rings is 3. The molecule has 37 heavy (non-hydrogen) atoms. The van der Waals surface area contributed by atoms with Gasteiger partial charge in [0.05, 0.1) is 23.3 Å². The summed E-state index contributed by atoms with van der Waals surface area (Å²) in [5.74, 6) is -2.34. The molecular weight excluding hydrogens is 468 g/mol. The Bertz CT molecular complexity index is 1540. The Morgan fingerprint density at radius 1 is 0.919 bits per heavy atom. The number of carbonyl (C=O) groups is 3. The number of pyridine rings is 1. The van der Waals surface area contributed by atoms with Crippen LogP contribution in [0.5, 0.6) is 0 Å². The lowest BCUT2D eigenvalue weighted by Crippen LogP contribution is -2.29. The average molecular weight is 493 g/mol. The van der Waals surface area contributed by atoms with Crippen molar-refractivity contribution in [3.8, 4) is 0 Å². The molecule has 1 atom stereocenters. The lowest BCUT2D eigenvalue weighted by Gasteiger charge is -2.25. The molecule has 184 valence electrons. The van der Waals surface area contributed by atoms with Gasteiger partial charge in [-0.2, -0.15) is 0 Å². The fourth-order valence-corrected chi connectivity index (χ4v) is 4.48. The molecule has 1 amide bonds. The molecule has 1 aromatic heterocycles. The Hall–Kier alpha value is -4.78. The molecule has 1 aliphatic rings. The number of hydrogen-bond acceptors (Lipinski definition) is 6. The minimum Gasteiger partial charge on any atom is -0.507 e. The average Bonchev–Trinajstić information content (AvgIpc) is 3.18. The van der Waals surface area contributed by atoms with Gasteiger partial charge < -0.3 is 9.84 Å². The summed E-state index contributed by atoms with van der Waals surface area (Å²) in [5.41, 5.74) is 1.68. The standard InChI is InChI=1S/C30H24N2O5/c1-18(2)37-30(36)20-11-13-24(14-12-20)32-26(23-8-5-15-31-17-23)25(28(34)29(32)35)27(33)22-10-9-19-6-3-4-7-21(19)16-22/h3-18,26,33H,1-2H3/b27-25-. The number of aliphatic hydroxyl groups is 1. The highest BCUT2D eigenvalue weighted by Gasteiger charge is 2.47. The molecule has 0 aliphatic carbocycles. The molecule has 0 bridgehead atoms. The number of carbonyl (C=O) groups excluding carboxylic acids is 3. The third-order valence-corrected chi connectivity index (χ3v) is 6.19. The van der Waals surface area contributed by atoms with Crippen molar-refractivity contribution in [1.29, 1.82) is 0 Å². The lowest BCUT2D eigenvalue weighted by atomic mass is 9.95. The summed E-state index contributed by atoms with van der Waals surface area (Å²) in [7, 11) is 0. The predicted molar refractivity (Wildman–Crippen MR) is 140 cm³/mol. The van der Waals surface area contributed by atoms with E-state index in [1.54, 1.807) is 74.8 Å². The van der Waals surface area contributed by atoms with Gasteiger partial charge in [0.1, 0.15) is 5.76 Å². The maximum Gasteiger partial charge on any atom is 0.338 e. The van der Waals surface area contributed by atoms with Crippen LogP contribution < -0.4 is 4.90 Å². The second-order valence-corrected chi connectivity index (χ2v) is 9.02. The molecule has 4 aromatic rings. The molecule has 3 aromatic carbocycles. The molecule has 5 rings (SSSR count). The molecule has 0 saturated carbocycles. The zero-order valence-electron chi connectivity index (χ0n) is 20.3. The molecule has 1 aliphatic heterocycles. The highest BCUT2D eigenvalue weighted by atomic mass is 16.5. The first kappa shape index (κ1) is 23.9. The number of ether oxygens (including phenoxy) is 1. The second-order valence-electron chi connectivity index (χ2n) is 9.02. The molecule has 1 saturated heterocycles. The Kier molecular flexibility index (Phi) is 6.27. The normalized spacial score (nSPS) is 16.9. The van der Waals surface area contributed by atoms with Gasteiger partial charge in [0.15, 0.2) is 0 Å². The fraction of sp³-hybridized carbons (Fsp3) is 0.133. The Morgan fingerprint density at radius 2 is 1.62 bits per heavy atom. The highest BCUT2D eigenvalue weighted by molar-refractivity contribution is 6.51. The minimum atomic E-state index is -0.909. The van der Waals surface area contributed by atoms with E-state index in [2.05, 4.69) is 4.98 Å². The van der Waals surface area contributed by atoms with Gasteiger partial charge in [0, 0.05) is 23.6 Å². The maximum atomic E-state index is 13.3. The van der Waals surface area contributed by atoms with Gasteiger partial charge in [-0.05, 0) is 66.6 Å². The summed E-state index contributed by atoms with van der Waals surface area (Å²) in [6.45, 7) is 3.52. The highest BCUT2D eigenvalue weighted by Crippen LogP contribution is 2.42. The smallest absolute Gasteiger partial charge is 0.338 e. The number of anilines is 1. The van der Waals surface area contributed by atoms with Crippen LogP contribution in [0.4, 0.5) is 5.69 Å². The number of hydrogen-bond donors (Lipinski definition) is 1. The van der Waals surface area contributed by atoms with Crippen LogP contribution in [-0.4, -0.2) is 33.9 Å². The number of nitrogens with zero attached hydrogens (tertiary/aromatic N) is 2. The molecule has 7 nitrogen and oxygen atoms in total. The monoisotopic (exact) mass is 492 g/mol. The van der Waals surface area contributed by atoms with Crippen molar-refractivity contribution in [1.82, 2.24) is 4.98 Å². The number of aromatic nitrogens is 1. The number of aliphatic hydroxyl groups excluding tert-OH is 1. The molecule has 2 heterocycles. The van der Waals surface area contributed by atoms with Crippen molar-refractivity contribution in [2.45, 2.75) is 26.0 Å². The van der Waals surface area contributed by atoms with Crippen LogP contribution in [0.2, 0.25) is 0 Å². The summed E-state index contributed by atoms with van der Waals surface area (Å²) in [5, 5.41) is 13.2. The second kappa shape index (κ2) is 9.70. The third kappa shape index (κ3) is 4.47. The maximum absolute atomic E-state index is 13.3. The van der Waals surface area contributed by atoms with E-state index in [1.165, 1.54) is 4.90 Å². The molecule has 1 N–H and O–H groups in total. The van der Waals surface area contributed by atoms with Gasteiger partial charge in [-0.1, -0.05) is 42.5 Å². The van der Waals surface area contributed by atoms with Gasteiger partial charge in [0.2, 0.25) is 0 Å². The summed E-state index contributed by atoms with van der Waals surface area (Å²) in [6, 6.07) is 21.8. The van der Waals surface area contributed by atoms with Crippen molar-refractivity contribution < 1.29 is 24.2 Å². The van der Waals surface area contributed by atoms with Crippen LogP contribution in [-0.2, 0) is 14.3 Å². The summed E-state index contributed by atoms with van der Waals surface area (Å²) in [6.07, 6.45) is 2.88. The molecule has 7 heteroatoms. The third-order valence-electron chi connectivity index (χ3n) is 6.19. The van der Waals surface area contributed by atoms with E-state index in [4.69, 9.17) is 4.74 Å². The summed E-state index contributed by atoms with van der Waals surface area (Å²) >= 11 is 0. The molecular formula is C30H24N2O5. The zero-order chi connectivity index (χ0) is 26.1. The van der Waals surface area contributed by atoms with E-state index >= 15 is 0 Å². The minimum absolute atomic E-state index is 0.0309. The van der Waals surface area contributed by atoms with Gasteiger partial charge >= 0.3 is 5.97 Å². The van der Waals surface area contributed by atoms with E-state index in [-0.39, 0.29) is 17.4 Å². The number of rotatable bonds is 5. The molecule has 1 fully saturated rings. The van der Waals surface area contributed by atoms with Gasteiger partial charge in [-0.3, -0.25) is 19.5 Å². The first-order valence-electron chi connectivity index (χ1n) is 11.9. The van der Waals surface area contributed by atoms with Crippen molar-refractivity contribution in [2.24, 2.45) is 0 Å². The van der Waals surface area contributed by atoms with E-state index in [0.29, 0.717) is 22.4 Å². The number of fused-ring (bicyclic) bond motifs is 1. The van der Waals surface area contributed by atoms with E-state index in [0.717, 1.165) is 10.8 Å². The topological polar surface area (TPSA) is 96.8 Å². The van der Waals surface area contributed by atoms with Gasteiger partial charge in [-0.25, -0.2) is 4.79 Å². The Balaban J connectivity index is 1.62. The fourth-order valence-electron chi connectivity index (χ4n) is 4.48. The van der Waals surface area contributed by atoms with Gasteiger partial charge in [-0.15, -0.1) is 0 Å². The number of amides is 1. The SMILES string of the molecule is CC(C)OC(=O)c1ccc(N2C(=O)C(=O)/C(=C(\O)c3ccc4ccccc4c3)C2c2cccnc2)cc1. The first-order chi connectivity index (χ1) is 17.8. The van der Waals surface area contributed by atoms with E-state index in [9.17, 15) is 19.5 Å². The predicted octanol–water partition coefficient (Wildman–Crippen LogP) is 5.43. The van der Waals surface area contributed by atoms with Crippen LogP contribution in [0.15, 0.2) is 96.8 Å². The summed E-state index contributed by atoms with van der Waals surface area (Å²) in [4.78, 5) is 44.4. The van der Waals surface area contributed by atoms with Crippen molar-refractivity contribution in [3.63, 3.8) is 0 Å². The molecule has 0 radical (unpaired) electrons. The number of Topliss-reactive ketones (excluding diaryl/α,β-unsaturated/α-hetero) is 1. The lowest BCUT2D eigenvalue weighted by molar-refractivity contribution is -0.132. The van der Waals surface area contributed by atoms with Crippen LogP contribution in [0, 0.1) is 0 Å². The van der Waals surface area contributed by atoms with Crippen LogP contribution >= 0.6 is 0 Å². The first-order valence-corrected chi connectivity index (χ1v) is 11.9. The quantitative estimate of drug-likeness (QED) is 0.173. The molecule has 1 unspecified atom stereocenters.